The smallest absolute Gasteiger partial charge is 0.253 e. The predicted molar refractivity (Wildman–Crippen MR) is 174 cm³/mol. The van der Waals surface area contributed by atoms with Gasteiger partial charge in [-0.2, -0.15) is 4.31 Å². The zero-order chi connectivity index (χ0) is 33.4. The summed E-state index contributed by atoms with van der Waals surface area (Å²) in [6, 6.07) is 16.2. The molecule has 1 aliphatic rings. The van der Waals surface area contributed by atoms with Crippen LogP contribution in [0, 0.1) is 30.4 Å². The van der Waals surface area contributed by atoms with Crippen LogP contribution in [0.1, 0.15) is 77.8 Å². The summed E-state index contributed by atoms with van der Waals surface area (Å²) in [6.45, 7) is 7.35. The first-order chi connectivity index (χ1) is 21.9. The number of hydrogen-bond acceptors (Lipinski definition) is 5. The van der Waals surface area contributed by atoms with Gasteiger partial charge in [-0.25, -0.2) is 17.2 Å². The Bertz CT molecular complexity index is 1590. The summed E-state index contributed by atoms with van der Waals surface area (Å²) in [5.74, 6) is -3.28. The van der Waals surface area contributed by atoms with Crippen LogP contribution in [0.25, 0.3) is 0 Å². The first kappa shape index (κ1) is 35.4. The van der Waals surface area contributed by atoms with E-state index in [1.54, 1.807) is 41.3 Å². The van der Waals surface area contributed by atoms with Crippen molar-refractivity contribution in [3.8, 4) is 0 Å². The van der Waals surface area contributed by atoms with Crippen LogP contribution in [0.15, 0.2) is 71.6 Å². The number of Topliss-reactive ketones (excluding diaryl/α,β-unsaturated/α-hetero) is 1. The van der Waals surface area contributed by atoms with Gasteiger partial charge in [-0.05, 0) is 104 Å². The van der Waals surface area contributed by atoms with E-state index in [4.69, 9.17) is 0 Å². The van der Waals surface area contributed by atoms with Gasteiger partial charge in [0.05, 0.1) is 11.0 Å². The highest BCUT2D eigenvalue weighted by Crippen LogP contribution is 2.32. The zero-order valence-corrected chi connectivity index (χ0v) is 27.6. The van der Waals surface area contributed by atoms with E-state index in [9.17, 15) is 31.9 Å². The van der Waals surface area contributed by atoms with Crippen LogP contribution < -0.4 is 0 Å². The van der Waals surface area contributed by atoms with Crippen LogP contribution in [0.5, 0.6) is 0 Å². The number of aliphatic hydroxyl groups is 1. The normalized spacial score (nSPS) is 17.0. The van der Waals surface area contributed by atoms with E-state index in [1.165, 1.54) is 28.6 Å². The second-order valence-electron chi connectivity index (χ2n) is 12.3. The number of ketones is 1. The van der Waals surface area contributed by atoms with Crippen molar-refractivity contribution in [2.45, 2.75) is 70.3 Å². The summed E-state index contributed by atoms with van der Waals surface area (Å²) < 4.78 is 56.4. The summed E-state index contributed by atoms with van der Waals surface area (Å²) in [4.78, 5) is 29.1. The van der Waals surface area contributed by atoms with Gasteiger partial charge in [0.1, 0.15) is 11.6 Å². The van der Waals surface area contributed by atoms with Gasteiger partial charge in [-0.1, -0.05) is 32.0 Å². The standard InChI is InChI=1S/C36H44F2N2O5S/c1-4-13-39(14-5-2)36(43)30-17-25(3)16-28(21-30)34(41)22-29(18-26-19-31(37)23-32(38)20-26)35(42)27-10-9-15-40(24-27)46(44,45)33-11-7-6-8-12-33/h6-8,11-12,16-17,19-21,23,27,29,35,42H,4-5,9-10,13-15,18,22,24H2,1-3H3/t27-,29-,35-/m1/s1. The molecule has 0 aromatic heterocycles. The van der Waals surface area contributed by atoms with Gasteiger partial charge < -0.3 is 10.0 Å². The maximum absolute atomic E-state index is 14.2. The Kier molecular flexibility index (Phi) is 12.2. The molecule has 1 saturated heterocycles. The number of halogens is 2. The van der Waals surface area contributed by atoms with E-state index in [0.29, 0.717) is 43.6 Å². The average molecular weight is 655 g/mol. The summed E-state index contributed by atoms with van der Waals surface area (Å²) in [7, 11) is -3.80. The molecule has 1 amide bonds. The minimum atomic E-state index is -3.80. The predicted octanol–water partition coefficient (Wildman–Crippen LogP) is 6.43. The van der Waals surface area contributed by atoms with Crippen LogP contribution >= 0.6 is 0 Å². The molecule has 1 aliphatic heterocycles. The number of rotatable bonds is 14. The molecule has 1 heterocycles. The van der Waals surface area contributed by atoms with Gasteiger partial charge >= 0.3 is 0 Å². The molecular formula is C36H44F2N2O5S. The molecule has 3 aromatic carbocycles. The molecule has 0 bridgehead atoms. The molecule has 0 aliphatic carbocycles. The van der Waals surface area contributed by atoms with E-state index >= 15 is 0 Å². The number of nitrogens with zero attached hydrogens (tertiary/aromatic N) is 2. The Morgan fingerprint density at radius 2 is 1.59 bits per heavy atom. The van der Waals surface area contributed by atoms with Crippen LogP contribution in [0.4, 0.5) is 8.78 Å². The summed E-state index contributed by atoms with van der Waals surface area (Å²) >= 11 is 0. The Morgan fingerprint density at radius 1 is 0.957 bits per heavy atom. The number of benzene rings is 3. The highest BCUT2D eigenvalue weighted by Gasteiger charge is 2.37. The highest BCUT2D eigenvalue weighted by atomic mass is 32.2. The second kappa shape index (κ2) is 15.9. The zero-order valence-electron chi connectivity index (χ0n) is 26.8. The SMILES string of the molecule is CCCN(CCC)C(=O)c1cc(C)cc(C(=O)C[C@@H](Cc2cc(F)cc(F)c2)[C@H](O)[C@@H]2CCCN(S(=O)(=O)c3ccccc3)C2)c1. The fraction of sp³-hybridized carbons (Fsp3) is 0.444. The molecule has 0 saturated carbocycles. The number of hydrogen-bond donors (Lipinski definition) is 1. The molecule has 46 heavy (non-hydrogen) atoms. The van der Waals surface area contributed by atoms with E-state index in [1.807, 2.05) is 20.8 Å². The van der Waals surface area contributed by atoms with Crippen molar-refractivity contribution in [2.75, 3.05) is 26.2 Å². The first-order valence-corrected chi connectivity index (χ1v) is 17.5. The molecule has 10 heteroatoms. The number of carbonyl (C=O) groups excluding carboxylic acids is 2. The minimum Gasteiger partial charge on any atom is -0.392 e. The molecule has 1 fully saturated rings. The number of amides is 1. The van der Waals surface area contributed by atoms with E-state index in [0.717, 1.165) is 24.5 Å². The molecule has 1 N–H and O–H groups in total. The molecule has 3 aromatic rings. The second-order valence-corrected chi connectivity index (χ2v) is 14.3. The van der Waals surface area contributed by atoms with Gasteiger partial charge in [-0.3, -0.25) is 9.59 Å². The fourth-order valence-corrected chi connectivity index (χ4v) is 7.96. The van der Waals surface area contributed by atoms with E-state index < -0.39 is 39.6 Å². The Morgan fingerprint density at radius 3 is 2.22 bits per heavy atom. The Labute approximate surface area is 271 Å². The lowest BCUT2D eigenvalue weighted by molar-refractivity contribution is 0.0231. The molecule has 248 valence electrons. The van der Waals surface area contributed by atoms with Crippen molar-refractivity contribution in [3.05, 3.63) is 101 Å². The quantitative estimate of drug-likeness (QED) is 0.202. The van der Waals surface area contributed by atoms with Crippen molar-refractivity contribution in [1.29, 1.82) is 0 Å². The van der Waals surface area contributed by atoms with Crippen LogP contribution in [0.3, 0.4) is 0 Å². The number of piperidine rings is 1. The topological polar surface area (TPSA) is 95.0 Å². The van der Waals surface area contributed by atoms with Gasteiger partial charge in [0.25, 0.3) is 5.91 Å². The van der Waals surface area contributed by atoms with Crippen molar-refractivity contribution < 1.29 is 31.9 Å². The van der Waals surface area contributed by atoms with Crippen molar-refractivity contribution >= 4 is 21.7 Å². The Balaban J connectivity index is 1.61. The summed E-state index contributed by atoms with van der Waals surface area (Å²) in [5, 5.41) is 11.7. The van der Waals surface area contributed by atoms with Crippen LogP contribution in [-0.4, -0.2) is 66.7 Å². The third-order valence-electron chi connectivity index (χ3n) is 8.56. The Hall–Kier alpha value is -3.47. The average Bonchev–Trinajstić information content (AvgIpc) is 3.03. The number of aryl methyl sites for hydroxylation is 1. The molecule has 7 nitrogen and oxygen atoms in total. The molecular weight excluding hydrogens is 610 g/mol. The maximum atomic E-state index is 14.2. The molecule has 0 unspecified atom stereocenters. The lowest BCUT2D eigenvalue weighted by atomic mass is 9.79. The third kappa shape index (κ3) is 8.86. The third-order valence-corrected chi connectivity index (χ3v) is 10.4. The number of aliphatic hydroxyl groups excluding tert-OH is 1. The monoisotopic (exact) mass is 654 g/mol. The van der Waals surface area contributed by atoms with Crippen molar-refractivity contribution in [3.63, 3.8) is 0 Å². The summed E-state index contributed by atoms with van der Waals surface area (Å²) in [6.07, 6.45) is 1.34. The lowest BCUT2D eigenvalue weighted by Crippen LogP contribution is -2.45. The number of carbonyl (C=O) groups is 2. The number of sulfonamides is 1. The van der Waals surface area contributed by atoms with Gasteiger partial charge in [-0.15, -0.1) is 0 Å². The summed E-state index contributed by atoms with van der Waals surface area (Å²) in [5.41, 5.74) is 1.74. The van der Waals surface area contributed by atoms with Crippen LogP contribution in [-0.2, 0) is 16.4 Å². The lowest BCUT2D eigenvalue weighted by Gasteiger charge is -2.37. The van der Waals surface area contributed by atoms with Gasteiger partial charge in [0, 0.05) is 49.8 Å². The van der Waals surface area contributed by atoms with Gasteiger partial charge in [0.15, 0.2) is 5.78 Å². The molecule has 4 rings (SSSR count). The van der Waals surface area contributed by atoms with Crippen LogP contribution in [0.2, 0.25) is 0 Å². The van der Waals surface area contributed by atoms with Crippen molar-refractivity contribution in [2.24, 2.45) is 11.8 Å². The van der Waals surface area contributed by atoms with Gasteiger partial charge in [0.2, 0.25) is 10.0 Å². The molecule has 0 radical (unpaired) electrons. The van der Waals surface area contributed by atoms with Crippen molar-refractivity contribution in [1.82, 2.24) is 9.21 Å². The van der Waals surface area contributed by atoms with E-state index in [-0.39, 0.29) is 41.5 Å². The van der Waals surface area contributed by atoms with E-state index in [2.05, 4.69) is 0 Å². The minimum absolute atomic E-state index is 0.00189. The fourth-order valence-electron chi connectivity index (χ4n) is 6.40. The molecule has 0 spiro atoms. The maximum Gasteiger partial charge on any atom is 0.253 e. The largest absolute Gasteiger partial charge is 0.392 e. The molecule has 3 atom stereocenters. The highest BCUT2D eigenvalue weighted by molar-refractivity contribution is 7.89. The first-order valence-electron chi connectivity index (χ1n) is 16.0.